The van der Waals surface area contributed by atoms with Crippen LogP contribution in [0.15, 0.2) is 12.3 Å². The second-order valence-corrected chi connectivity index (χ2v) is 9.01. The summed E-state index contributed by atoms with van der Waals surface area (Å²) < 4.78 is 7.91. The monoisotopic (exact) mass is 384 g/mol. The third kappa shape index (κ3) is 3.93. The summed E-state index contributed by atoms with van der Waals surface area (Å²) in [6.07, 6.45) is 6.24. The van der Waals surface area contributed by atoms with Gasteiger partial charge in [0.25, 0.3) is 5.91 Å². The number of carbonyl (C=O) groups excluding carboxylic acids is 1. The Bertz CT molecular complexity index is 846. The number of piperidine rings is 1. The summed E-state index contributed by atoms with van der Waals surface area (Å²) in [5.41, 5.74) is 2.66. The lowest BCUT2D eigenvalue weighted by molar-refractivity contribution is -0.00227. The number of pyridine rings is 1. The standard InChI is InChI=1S/C22H32N4O2/c1-14(2)13-28-17-7-9-25(10-8-17)22(27)18-11-20(16-5-6-16)24-21-19(18)12-23-26(21)15(3)4/h11-12,14-17H,5-10,13H2,1-4H3. The highest BCUT2D eigenvalue weighted by Gasteiger charge is 2.30. The quantitative estimate of drug-likeness (QED) is 0.750. The van der Waals surface area contributed by atoms with Crippen molar-refractivity contribution < 1.29 is 9.53 Å². The van der Waals surface area contributed by atoms with Crippen LogP contribution in [0, 0.1) is 5.92 Å². The van der Waals surface area contributed by atoms with Crippen molar-refractivity contribution in [2.45, 2.75) is 71.4 Å². The van der Waals surface area contributed by atoms with Crippen molar-refractivity contribution in [1.29, 1.82) is 0 Å². The molecule has 0 bridgehead atoms. The van der Waals surface area contributed by atoms with Crippen LogP contribution in [0.4, 0.5) is 0 Å². The zero-order valence-electron chi connectivity index (χ0n) is 17.5. The van der Waals surface area contributed by atoms with E-state index in [1.165, 1.54) is 12.8 Å². The Morgan fingerprint density at radius 2 is 1.89 bits per heavy atom. The van der Waals surface area contributed by atoms with Crippen LogP contribution >= 0.6 is 0 Å². The molecule has 152 valence electrons. The number of aromatic nitrogens is 3. The summed E-state index contributed by atoms with van der Waals surface area (Å²) in [6.45, 7) is 10.8. The predicted octanol–water partition coefficient (Wildman–Crippen LogP) is 4.17. The molecule has 1 saturated carbocycles. The van der Waals surface area contributed by atoms with Crippen molar-refractivity contribution in [3.63, 3.8) is 0 Å². The summed E-state index contributed by atoms with van der Waals surface area (Å²) in [4.78, 5) is 20.2. The highest BCUT2D eigenvalue weighted by molar-refractivity contribution is 6.05. The second-order valence-electron chi connectivity index (χ2n) is 9.01. The fourth-order valence-electron chi connectivity index (χ4n) is 3.90. The van der Waals surface area contributed by atoms with Crippen LogP contribution in [0.25, 0.3) is 11.0 Å². The van der Waals surface area contributed by atoms with E-state index in [9.17, 15) is 4.79 Å². The second kappa shape index (κ2) is 7.82. The Labute approximate surface area is 167 Å². The van der Waals surface area contributed by atoms with Crippen molar-refractivity contribution in [1.82, 2.24) is 19.7 Å². The van der Waals surface area contributed by atoms with Gasteiger partial charge in [-0.05, 0) is 51.5 Å². The highest BCUT2D eigenvalue weighted by Crippen LogP contribution is 2.40. The lowest BCUT2D eigenvalue weighted by Crippen LogP contribution is -2.41. The molecule has 0 unspecified atom stereocenters. The minimum absolute atomic E-state index is 0.111. The van der Waals surface area contributed by atoms with Gasteiger partial charge in [0.1, 0.15) is 0 Å². The maximum absolute atomic E-state index is 13.4. The van der Waals surface area contributed by atoms with Gasteiger partial charge in [0.15, 0.2) is 5.65 Å². The smallest absolute Gasteiger partial charge is 0.254 e. The van der Waals surface area contributed by atoms with Gasteiger partial charge in [-0.2, -0.15) is 5.10 Å². The molecule has 4 rings (SSSR count). The molecule has 0 spiro atoms. The van der Waals surface area contributed by atoms with Crippen LogP contribution in [-0.2, 0) is 4.74 Å². The van der Waals surface area contributed by atoms with Gasteiger partial charge in [0, 0.05) is 37.4 Å². The SMILES string of the molecule is CC(C)COC1CCN(C(=O)c2cc(C3CC3)nc3c2cnn3C(C)C)CC1. The number of nitrogens with zero attached hydrogens (tertiary/aromatic N) is 4. The van der Waals surface area contributed by atoms with Crippen molar-refractivity contribution in [3.05, 3.63) is 23.5 Å². The largest absolute Gasteiger partial charge is 0.378 e. The fraction of sp³-hybridized carbons (Fsp3) is 0.682. The number of fused-ring (bicyclic) bond motifs is 1. The van der Waals surface area contributed by atoms with Crippen molar-refractivity contribution >= 4 is 16.9 Å². The Kier molecular flexibility index (Phi) is 5.41. The number of ether oxygens (including phenoxy) is 1. The Hall–Kier alpha value is -1.95. The van der Waals surface area contributed by atoms with Gasteiger partial charge in [-0.3, -0.25) is 4.79 Å². The molecular weight excluding hydrogens is 352 g/mol. The molecule has 2 fully saturated rings. The zero-order valence-corrected chi connectivity index (χ0v) is 17.5. The molecular formula is C22H32N4O2. The first-order chi connectivity index (χ1) is 13.4. The summed E-state index contributed by atoms with van der Waals surface area (Å²) in [5, 5.41) is 5.40. The van der Waals surface area contributed by atoms with E-state index in [-0.39, 0.29) is 18.1 Å². The minimum atomic E-state index is 0.111. The molecule has 0 aromatic carbocycles. The molecule has 0 radical (unpaired) electrons. The Morgan fingerprint density at radius 1 is 1.18 bits per heavy atom. The van der Waals surface area contributed by atoms with Crippen LogP contribution < -0.4 is 0 Å². The average molecular weight is 385 g/mol. The predicted molar refractivity (Wildman–Crippen MR) is 110 cm³/mol. The third-order valence-electron chi connectivity index (χ3n) is 5.70. The summed E-state index contributed by atoms with van der Waals surface area (Å²) in [6, 6.07) is 2.24. The van der Waals surface area contributed by atoms with E-state index in [1.54, 1.807) is 0 Å². The van der Waals surface area contributed by atoms with Gasteiger partial charge in [-0.1, -0.05) is 13.8 Å². The Balaban J connectivity index is 1.56. The van der Waals surface area contributed by atoms with Crippen LogP contribution in [-0.4, -0.2) is 51.4 Å². The van der Waals surface area contributed by atoms with Crippen molar-refractivity contribution in [2.75, 3.05) is 19.7 Å². The normalized spacial score (nSPS) is 18.6. The summed E-state index contributed by atoms with van der Waals surface area (Å²) in [5.74, 6) is 1.16. The molecule has 2 aromatic rings. The summed E-state index contributed by atoms with van der Waals surface area (Å²) in [7, 11) is 0. The lowest BCUT2D eigenvalue weighted by atomic mass is 10.0. The molecule has 1 aliphatic heterocycles. The number of hydrogen-bond acceptors (Lipinski definition) is 4. The topological polar surface area (TPSA) is 60.2 Å². The molecule has 1 amide bonds. The molecule has 28 heavy (non-hydrogen) atoms. The number of hydrogen-bond donors (Lipinski definition) is 0. The first-order valence-corrected chi connectivity index (χ1v) is 10.7. The van der Waals surface area contributed by atoms with Gasteiger partial charge in [-0.25, -0.2) is 9.67 Å². The number of carbonyl (C=O) groups is 1. The van der Waals surface area contributed by atoms with Crippen LogP contribution in [0.5, 0.6) is 0 Å². The van der Waals surface area contributed by atoms with E-state index in [2.05, 4.69) is 32.8 Å². The molecule has 3 heterocycles. The van der Waals surface area contributed by atoms with E-state index in [0.29, 0.717) is 11.8 Å². The molecule has 2 aromatic heterocycles. The zero-order chi connectivity index (χ0) is 19.8. The maximum Gasteiger partial charge on any atom is 0.254 e. The molecule has 1 saturated heterocycles. The van der Waals surface area contributed by atoms with Crippen LogP contribution in [0.1, 0.15) is 81.4 Å². The molecule has 6 nitrogen and oxygen atoms in total. The van der Waals surface area contributed by atoms with Gasteiger partial charge < -0.3 is 9.64 Å². The molecule has 6 heteroatoms. The fourth-order valence-corrected chi connectivity index (χ4v) is 3.90. The lowest BCUT2D eigenvalue weighted by Gasteiger charge is -2.32. The first-order valence-electron chi connectivity index (χ1n) is 10.7. The first kappa shape index (κ1) is 19.4. The molecule has 0 N–H and O–H groups in total. The van der Waals surface area contributed by atoms with Gasteiger partial charge in [0.05, 0.1) is 23.3 Å². The Morgan fingerprint density at radius 3 is 2.50 bits per heavy atom. The molecule has 1 aliphatic carbocycles. The van der Waals surface area contributed by atoms with Gasteiger partial charge >= 0.3 is 0 Å². The van der Waals surface area contributed by atoms with Gasteiger partial charge in [0.2, 0.25) is 0 Å². The molecule has 0 atom stereocenters. The van der Waals surface area contributed by atoms with E-state index in [1.807, 2.05) is 21.8 Å². The summed E-state index contributed by atoms with van der Waals surface area (Å²) >= 11 is 0. The van der Waals surface area contributed by atoms with Crippen LogP contribution in [0.3, 0.4) is 0 Å². The minimum Gasteiger partial charge on any atom is -0.378 e. The van der Waals surface area contributed by atoms with Crippen molar-refractivity contribution in [3.8, 4) is 0 Å². The van der Waals surface area contributed by atoms with E-state index in [4.69, 9.17) is 9.72 Å². The van der Waals surface area contributed by atoms with Crippen molar-refractivity contribution in [2.24, 2.45) is 5.92 Å². The number of likely N-dealkylation sites (tertiary alicyclic amines) is 1. The van der Waals surface area contributed by atoms with Gasteiger partial charge in [-0.15, -0.1) is 0 Å². The highest BCUT2D eigenvalue weighted by atomic mass is 16.5. The van der Waals surface area contributed by atoms with Crippen LogP contribution in [0.2, 0.25) is 0 Å². The van der Waals surface area contributed by atoms with E-state index >= 15 is 0 Å². The number of amides is 1. The molecule has 2 aliphatic rings. The van der Waals surface area contributed by atoms with E-state index < -0.39 is 0 Å². The third-order valence-corrected chi connectivity index (χ3v) is 5.70. The average Bonchev–Trinajstić information content (AvgIpc) is 3.44. The van der Waals surface area contributed by atoms with E-state index in [0.717, 1.165) is 54.8 Å². The maximum atomic E-state index is 13.4. The number of rotatable bonds is 6.